The third-order valence-corrected chi connectivity index (χ3v) is 6.93. The van der Waals surface area contributed by atoms with Crippen LogP contribution in [0.25, 0.3) is 0 Å². The van der Waals surface area contributed by atoms with Crippen molar-refractivity contribution in [2.45, 2.75) is 44.7 Å². The van der Waals surface area contributed by atoms with Crippen LogP contribution in [-0.2, 0) is 11.2 Å². The van der Waals surface area contributed by atoms with E-state index in [-0.39, 0.29) is 23.6 Å². The Kier molecular flexibility index (Phi) is 7.20. The lowest BCUT2D eigenvalue weighted by Gasteiger charge is -2.17. The second-order valence-electron chi connectivity index (χ2n) is 8.73. The number of anilines is 1. The van der Waals surface area contributed by atoms with Gasteiger partial charge in [-0.3, -0.25) is 9.59 Å². The van der Waals surface area contributed by atoms with Crippen molar-refractivity contribution in [3.8, 4) is 5.75 Å². The molecule has 0 bridgehead atoms. The molecule has 1 aliphatic carbocycles. The molecule has 2 amide bonds. The molecule has 0 saturated heterocycles. The predicted molar refractivity (Wildman–Crippen MR) is 134 cm³/mol. The van der Waals surface area contributed by atoms with E-state index >= 15 is 0 Å². The smallest absolute Gasteiger partial charge is 0.331 e. The Morgan fingerprint density at radius 3 is 2.50 bits per heavy atom. The number of carbonyl (C=O) groups is 3. The minimum absolute atomic E-state index is 0.0863. The number of phenolic OH excluding ortho intramolecular Hbond substituents is 1. The van der Waals surface area contributed by atoms with Crippen molar-refractivity contribution in [1.82, 2.24) is 20.6 Å². The lowest BCUT2D eigenvalue weighted by atomic mass is 10.1. The Bertz CT molecular complexity index is 1270. The van der Waals surface area contributed by atoms with Gasteiger partial charge in [-0.1, -0.05) is 18.2 Å². The number of aryl methyl sites for hydroxylation is 3. The number of carboxylic acid groups (broad SMARTS) is 1. The molecule has 0 spiro atoms. The van der Waals surface area contributed by atoms with Gasteiger partial charge in [0, 0.05) is 13.0 Å². The van der Waals surface area contributed by atoms with E-state index < -0.39 is 23.5 Å². The highest BCUT2D eigenvalue weighted by Crippen LogP contribution is 2.37. The maximum Gasteiger partial charge on any atom is 0.331 e. The van der Waals surface area contributed by atoms with E-state index in [4.69, 9.17) is 0 Å². The number of hydrogen-bond acceptors (Lipinski definition) is 8. The van der Waals surface area contributed by atoms with Crippen molar-refractivity contribution in [2.24, 2.45) is 0 Å². The van der Waals surface area contributed by atoms with Gasteiger partial charge in [0.1, 0.15) is 5.75 Å². The fourth-order valence-corrected chi connectivity index (χ4v) is 4.72. The van der Waals surface area contributed by atoms with E-state index in [2.05, 4.69) is 25.9 Å². The molecule has 5 N–H and O–H groups in total. The number of amides is 2. The molecule has 3 aromatic rings. The number of carbonyl (C=O) groups excluding carboxylic acids is 2. The molecule has 2 aromatic heterocycles. The van der Waals surface area contributed by atoms with Crippen molar-refractivity contribution in [3.05, 3.63) is 69.2 Å². The van der Waals surface area contributed by atoms with Crippen molar-refractivity contribution in [2.75, 3.05) is 11.9 Å². The Balaban J connectivity index is 1.37. The minimum atomic E-state index is -1.58. The number of phenols is 1. The number of benzene rings is 1. The highest BCUT2D eigenvalue weighted by Gasteiger charge is 2.63. The molecule has 1 aromatic carbocycles. The lowest BCUT2D eigenvalue weighted by molar-refractivity contribution is -0.140. The van der Waals surface area contributed by atoms with Crippen LogP contribution in [0.2, 0.25) is 0 Å². The van der Waals surface area contributed by atoms with Crippen LogP contribution in [0.5, 0.6) is 5.75 Å². The van der Waals surface area contributed by atoms with E-state index in [1.54, 1.807) is 49.6 Å². The Labute approximate surface area is 211 Å². The molecule has 1 saturated carbocycles. The number of aromatic nitrogens is 2. The minimum Gasteiger partial charge on any atom is -0.508 e. The van der Waals surface area contributed by atoms with Crippen LogP contribution < -0.4 is 16.0 Å². The van der Waals surface area contributed by atoms with Gasteiger partial charge in [0.2, 0.25) is 5.95 Å². The van der Waals surface area contributed by atoms with Gasteiger partial charge < -0.3 is 26.2 Å². The first-order chi connectivity index (χ1) is 17.2. The number of rotatable bonds is 10. The van der Waals surface area contributed by atoms with Crippen LogP contribution in [0.3, 0.4) is 0 Å². The third kappa shape index (κ3) is 5.46. The number of aliphatic carboxylic acids is 1. The number of aromatic hydroxyl groups is 1. The summed E-state index contributed by atoms with van der Waals surface area (Å²) in [5.41, 5.74) is 0.475. The summed E-state index contributed by atoms with van der Waals surface area (Å²) in [7, 11) is 0. The summed E-state index contributed by atoms with van der Waals surface area (Å²) in [6, 6.07) is 9.76. The number of carboxylic acids is 1. The zero-order chi connectivity index (χ0) is 25.9. The Morgan fingerprint density at radius 2 is 1.86 bits per heavy atom. The highest BCUT2D eigenvalue weighted by atomic mass is 32.1. The standard InChI is InChI=1S/C25H27N5O5S/c1-14-20(15(2)28-24(27-14)26-10-4-7-16-6-3-8-17(31)12-16)22(33)30-25(23(34)35)13-19(25)29-21(32)18-9-5-11-36-18/h3,5-6,8-9,11-12,19,31H,4,7,10,13H2,1-2H3,(H,29,32)(H,30,33)(H,34,35)(H,26,27,28). The molecule has 0 aliphatic heterocycles. The molecule has 4 rings (SSSR count). The maximum atomic E-state index is 13.1. The van der Waals surface area contributed by atoms with Crippen molar-refractivity contribution >= 4 is 35.1 Å². The molecule has 10 nitrogen and oxygen atoms in total. The van der Waals surface area contributed by atoms with Crippen LogP contribution >= 0.6 is 11.3 Å². The fourth-order valence-electron chi connectivity index (χ4n) is 4.10. The van der Waals surface area contributed by atoms with Crippen LogP contribution in [0.15, 0.2) is 41.8 Å². The first kappa shape index (κ1) is 25.1. The molecule has 2 unspecified atom stereocenters. The fraction of sp³-hybridized carbons (Fsp3) is 0.320. The molecule has 2 atom stereocenters. The average molecular weight is 510 g/mol. The summed E-state index contributed by atoms with van der Waals surface area (Å²) in [6.07, 6.45) is 1.64. The molecule has 1 aliphatic rings. The van der Waals surface area contributed by atoms with E-state index in [1.807, 2.05) is 6.07 Å². The van der Waals surface area contributed by atoms with Crippen LogP contribution in [0.4, 0.5) is 5.95 Å². The first-order valence-electron chi connectivity index (χ1n) is 11.5. The van der Waals surface area contributed by atoms with Gasteiger partial charge in [-0.15, -0.1) is 11.3 Å². The second kappa shape index (κ2) is 10.3. The number of nitrogens with one attached hydrogen (secondary N) is 3. The summed E-state index contributed by atoms with van der Waals surface area (Å²) >= 11 is 1.25. The van der Waals surface area contributed by atoms with Crippen molar-refractivity contribution < 1.29 is 24.6 Å². The predicted octanol–water partition coefficient (Wildman–Crippen LogP) is 2.66. The zero-order valence-corrected chi connectivity index (χ0v) is 20.7. The summed E-state index contributed by atoms with van der Waals surface area (Å²) in [5.74, 6) is -1.58. The largest absolute Gasteiger partial charge is 0.508 e. The van der Waals surface area contributed by atoms with Crippen LogP contribution in [0.1, 0.15) is 49.8 Å². The lowest BCUT2D eigenvalue weighted by Crippen LogP contribution is -2.49. The van der Waals surface area contributed by atoms with Gasteiger partial charge in [-0.2, -0.15) is 0 Å². The summed E-state index contributed by atoms with van der Waals surface area (Å²) in [5, 5.41) is 29.5. The van der Waals surface area contributed by atoms with Crippen LogP contribution in [0, 0.1) is 13.8 Å². The number of nitrogens with zero attached hydrogens (tertiary/aromatic N) is 2. The van der Waals surface area contributed by atoms with E-state index in [0.717, 1.165) is 18.4 Å². The topological polar surface area (TPSA) is 154 Å². The third-order valence-electron chi connectivity index (χ3n) is 6.06. The average Bonchev–Trinajstić information content (AvgIpc) is 3.23. The van der Waals surface area contributed by atoms with Gasteiger partial charge in [-0.25, -0.2) is 14.8 Å². The Hall–Kier alpha value is -3.99. The van der Waals surface area contributed by atoms with Gasteiger partial charge >= 0.3 is 5.97 Å². The number of hydrogen-bond donors (Lipinski definition) is 5. The monoisotopic (exact) mass is 509 g/mol. The van der Waals surface area contributed by atoms with E-state index in [1.165, 1.54) is 11.3 Å². The first-order valence-corrected chi connectivity index (χ1v) is 12.3. The quantitative estimate of drug-likeness (QED) is 0.262. The summed E-state index contributed by atoms with van der Waals surface area (Å²) in [4.78, 5) is 46.6. The van der Waals surface area contributed by atoms with Gasteiger partial charge in [0.05, 0.1) is 27.9 Å². The van der Waals surface area contributed by atoms with E-state index in [9.17, 15) is 24.6 Å². The SMILES string of the molecule is Cc1nc(NCCCc2cccc(O)c2)nc(C)c1C(=O)NC1(C(=O)O)CC1NC(=O)c1cccs1. The Morgan fingerprint density at radius 1 is 1.11 bits per heavy atom. The van der Waals surface area contributed by atoms with Gasteiger partial charge in [0.15, 0.2) is 5.54 Å². The second-order valence-corrected chi connectivity index (χ2v) is 9.68. The zero-order valence-electron chi connectivity index (χ0n) is 19.9. The summed E-state index contributed by atoms with van der Waals surface area (Å²) < 4.78 is 0. The van der Waals surface area contributed by atoms with E-state index in [0.29, 0.717) is 28.8 Å². The van der Waals surface area contributed by atoms with Gasteiger partial charge in [0.25, 0.3) is 11.8 Å². The molecular weight excluding hydrogens is 482 g/mol. The number of thiophene rings is 1. The molecule has 36 heavy (non-hydrogen) atoms. The molecule has 11 heteroatoms. The maximum absolute atomic E-state index is 13.1. The molecule has 0 radical (unpaired) electrons. The van der Waals surface area contributed by atoms with Crippen LogP contribution in [-0.4, -0.2) is 56.1 Å². The summed E-state index contributed by atoms with van der Waals surface area (Å²) in [6.45, 7) is 3.92. The molecule has 188 valence electrons. The molecule has 2 heterocycles. The van der Waals surface area contributed by atoms with Crippen molar-refractivity contribution in [1.29, 1.82) is 0 Å². The van der Waals surface area contributed by atoms with Gasteiger partial charge in [-0.05, 0) is 55.8 Å². The normalized spacial score (nSPS) is 18.3. The molecule has 1 fully saturated rings. The molecular formula is C25H27N5O5S. The highest BCUT2D eigenvalue weighted by molar-refractivity contribution is 7.12. The van der Waals surface area contributed by atoms with Crippen molar-refractivity contribution in [3.63, 3.8) is 0 Å².